The number of fused-ring (bicyclic) bond motifs is 1. The lowest BCUT2D eigenvalue weighted by Crippen LogP contribution is -2.46. The molecule has 0 bridgehead atoms. The lowest BCUT2D eigenvalue weighted by atomic mass is 9.99. The number of carbonyl (C=O) groups is 2. The molecular weight excluding hydrogens is 372 g/mol. The number of hydroxylamine groups is 1. The summed E-state index contributed by atoms with van der Waals surface area (Å²) in [6.07, 6.45) is -0.522. The summed E-state index contributed by atoms with van der Waals surface area (Å²) >= 11 is 0. The summed E-state index contributed by atoms with van der Waals surface area (Å²) in [6.45, 7) is 2.57. The first kappa shape index (κ1) is 19.6. The van der Waals surface area contributed by atoms with E-state index in [2.05, 4.69) is 5.48 Å². The summed E-state index contributed by atoms with van der Waals surface area (Å²) in [7, 11) is 0. The molecule has 4 atom stereocenters. The fraction of sp³-hybridized carbons (Fsp3) is 0.364. The van der Waals surface area contributed by atoms with Crippen LogP contribution in [0.4, 0.5) is 0 Å². The lowest BCUT2D eigenvalue weighted by Gasteiger charge is -2.23. The molecule has 7 heteroatoms. The van der Waals surface area contributed by atoms with Crippen molar-refractivity contribution >= 4 is 11.9 Å². The Labute approximate surface area is 169 Å². The smallest absolute Gasteiger partial charge is 0.320 e. The SMILES string of the molecule is CCOC(=O)C1C(=O)N2[C@@H](c3ccccc3)OC[C@@H]2C1NOCc1ccccc1. The van der Waals surface area contributed by atoms with Crippen molar-refractivity contribution in [1.82, 2.24) is 10.4 Å². The Bertz CT molecular complexity index is 845. The highest BCUT2D eigenvalue weighted by atomic mass is 16.6. The zero-order chi connectivity index (χ0) is 20.2. The molecule has 7 nitrogen and oxygen atoms in total. The van der Waals surface area contributed by atoms with Crippen molar-refractivity contribution in [1.29, 1.82) is 0 Å². The lowest BCUT2D eigenvalue weighted by molar-refractivity contribution is -0.156. The predicted octanol–water partition coefficient (Wildman–Crippen LogP) is 2.20. The number of esters is 1. The molecule has 1 amide bonds. The van der Waals surface area contributed by atoms with Crippen LogP contribution in [-0.4, -0.2) is 42.1 Å². The van der Waals surface area contributed by atoms with Crippen molar-refractivity contribution in [3.63, 3.8) is 0 Å². The normalized spacial score (nSPS) is 25.8. The Hall–Kier alpha value is -2.74. The van der Waals surface area contributed by atoms with Crippen LogP contribution in [0.5, 0.6) is 0 Å². The third-order valence-electron chi connectivity index (χ3n) is 5.26. The molecule has 0 spiro atoms. The summed E-state index contributed by atoms with van der Waals surface area (Å²) in [4.78, 5) is 33.1. The quantitative estimate of drug-likeness (QED) is 0.439. The van der Waals surface area contributed by atoms with Gasteiger partial charge in [-0.15, -0.1) is 0 Å². The summed E-state index contributed by atoms with van der Waals surface area (Å²) in [6, 6.07) is 18.3. The molecule has 2 saturated heterocycles. The van der Waals surface area contributed by atoms with Crippen molar-refractivity contribution in [2.75, 3.05) is 13.2 Å². The molecule has 2 aliphatic rings. The Balaban J connectivity index is 1.53. The van der Waals surface area contributed by atoms with Crippen LogP contribution in [0.2, 0.25) is 0 Å². The maximum Gasteiger partial charge on any atom is 0.320 e. The van der Waals surface area contributed by atoms with Gasteiger partial charge < -0.3 is 14.4 Å². The van der Waals surface area contributed by atoms with Gasteiger partial charge in [-0.1, -0.05) is 60.7 Å². The first-order valence-electron chi connectivity index (χ1n) is 9.77. The minimum atomic E-state index is -0.967. The molecule has 2 aliphatic heterocycles. The maximum atomic E-state index is 13.2. The fourth-order valence-electron chi connectivity index (χ4n) is 3.91. The minimum Gasteiger partial charge on any atom is -0.465 e. The molecule has 0 radical (unpaired) electrons. The highest BCUT2D eigenvalue weighted by Gasteiger charge is 2.58. The van der Waals surface area contributed by atoms with E-state index in [0.29, 0.717) is 13.2 Å². The van der Waals surface area contributed by atoms with Crippen molar-refractivity contribution < 1.29 is 23.9 Å². The third kappa shape index (κ3) is 3.89. The molecule has 0 aliphatic carbocycles. The number of hydrogen-bond acceptors (Lipinski definition) is 6. The molecule has 0 saturated carbocycles. The van der Waals surface area contributed by atoms with Gasteiger partial charge in [0.15, 0.2) is 12.1 Å². The number of amides is 1. The number of benzene rings is 2. The molecular formula is C22H24N2O5. The van der Waals surface area contributed by atoms with E-state index in [1.54, 1.807) is 11.8 Å². The van der Waals surface area contributed by atoms with Gasteiger partial charge in [-0.2, -0.15) is 5.48 Å². The Morgan fingerprint density at radius 1 is 1.14 bits per heavy atom. The summed E-state index contributed by atoms with van der Waals surface area (Å²) < 4.78 is 11.1. The van der Waals surface area contributed by atoms with E-state index in [-0.39, 0.29) is 18.6 Å². The van der Waals surface area contributed by atoms with Crippen LogP contribution >= 0.6 is 0 Å². The van der Waals surface area contributed by atoms with Gasteiger partial charge in [0.2, 0.25) is 5.91 Å². The topological polar surface area (TPSA) is 77.1 Å². The zero-order valence-electron chi connectivity index (χ0n) is 16.2. The number of ether oxygens (including phenoxy) is 2. The second-order valence-corrected chi connectivity index (χ2v) is 7.06. The van der Waals surface area contributed by atoms with Gasteiger partial charge in [-0.05, 0) is 12.5 Å². The standard InChI is InChI=1S/C22H24N2O5/c1-2-27-22(26)18-19(23-29-13-15-9-5-3-6-10-15)17-14-28-21(24(17)20(18)25)16-11-7-4-8-12-16/h3-12,17-19,21,23H,2,13-14H2,1H3/t17-,18?,19?,21-/m1/s1. The Morgan fingerprint density at radius 2 is 1.83 bits per heavy atom. The number of rotatable bonds is 7. The van der Waals surface area contributed by atoms with Crippen LogP contribution in [0.3, 0.4) is 0 Å². The molecule has 2 aromatic rings. The average Bonchev–Trinajstić information content (AvgIpc) is 3.29. The van der Waals surface area contributed by atoms with E-state index in [1.165, 1.54) is 0 Å². The summed E-state index contributed by atoms with van der Waals surface area (Å²) in [5.41, 5.74) is 4.81. The van der Waals surface area contributed by atoms with Gasteiger partial charge in [0.25, 0.3) is 0 Å². The highest BCUT2D eigenvalue weighted by molar-refractivity contribution is 6.01. The molecule has 152 valence electrons. The summed E-state index contributed by atoms with van der Waals surface area (Å²) in [5, 5.41) is 0. The second kappa shape index (κ2) is 8.73. The van der Waals surface area contributed by atoms with E-state index in [1.807, 2.05) is 60.7 Å². The van der Waals surface area contributed by atoms with Crippen LogP contribution in [0.15, 0.2) is 60.7 Å². The number of nitrogens with zero attached hydrogens (tertiary/aromatic N) is 1. The van der Waals surface area contributed by atoms with E-state index >= 15 is 0 Å². The van der Waals surface area contributed by atoms with E-state index < -0.39 is 24.2 Å². The van der Waals surface area contributed by atoms with Crippen LogP contribution in [-0.2, 0) is 30.5 Å². The molecule has 2 unspecified atom stereocenters. The van der Waals surface area contributed by atoms with Gasteiger partial charge in [0, 0.05) is 5.56 Å². The number of nitrogens with one attached hydrogen (secondary N) is 1. The Kier molecular flexibility index (Phi) is 5.89. The largest absolute Gasteiger partial charge is 0.465 e. The third-order valence-corrected chi connectivity index (χ3v) is 5.26. The van der Waals surface area contributed by atoms with Gasteiger partial charge in [0.1, 0.15) is 0 Å². The average molecular weight is 396 g/mol. The van der Waals surface area contributed by atoms with Crippen molar-refractivity contribution in [2.24, 2.45) is 5.92 Å². The van der Waals surface area contributed by atoms with Crippen LogP contribution in [0.25, 0.3) is 0 Å². The second-order valence-electron chi connectivity index (χ2n) is 7.06. The van der Waals surface area contributed by atoms with Gasteiger partial charge in [0.05, 0.1) is 31.9 Å². The summed E-state index contributed by atoms with van der Waals surface area (Å²) in [5.74, 6) is -1.81. The Morgan fingerprint density at radius 3 is 2.52 bits per heavy atom. The predicted molar refractivity (Wildman–Crippen MR) is 104 cm³/mol. The van der Waals surface area contributed by atoms with Crippen LogP contribution in [0.1, 0.15) is 24.3 Å². The van der Waals surface area contributed by atoms with Gasteiger partial charge in [-0.3, -0.25) is 14.4 Å². The van der Waals surface area contributed by atoms with Gasteiger partial charge >= 0.3 is 5.97 Å². The molecule has 1 N–H and O–H groups in total. The molecule has 2 fully saturated rings. The van der Waals surface area contributed by atoms with Crippen molar-refractivity contribution in [2.45, 2.75) is 31.8 Å². The van der Waals surface area contributed by atoms with Crippen molar-refractivity contribution in [3.05, 3.63) is 71.8 Å². The number of hydrogen-bond donors (Lipinski definition) is 1. The van der Waals surface area contributed by atoms with Gasteiger partial charge in [-0.25, -0.2) is 0 Å². The molecule has 2 aromatic carbocycles. The van der Waals surface area contributed by atoms with E-state index in [9.17, 15) is 9.59 Å². The molecule has 29 heavy (non-hydrogen) atoms. The zero-order valence-corrected chi connectivity index (χ0v) is 16.2. The number of carbonyl (C=O) groups excluding carboxylic acids is 2. The highest BCUT2D eigenvalue weighted by Crippen LogP contribution is 2.40. The van der Waals surface area contributed by atoms with Crippen LogP contribution < -0.4 is 5.48 Å². The molecule has 2 heterocycles. The first-order valence-corrected chi connectivity index (χ1v) is 9.77. The van der Waals surface area contributed by atoms with Crippen molar-refractivity contribution in [3.8, 4) is 0 Å². The van der Waals surface area contributed by atoms with Crippen LogP contribution in [0, 0.1) is 5.92 Å². The first-order chi connectivity index (χ1) is 14.2. The monoisotopic (exact) mass is 396 g/mol. The minimum absolute atomic E-state index is 0.212. The van der Waals surface area contributed by atoms with E-state index in [4.69, 9.17) is 14.3 Å². The van der Waals surface area contributed by atoms with E-state index in [0.717, 1.165) is 11.1 Å². The maximum absolute atomic E-state index is 13.2. The molecule has 4 rings (SSSR count). The fourth-order valence-corrected chi connectivity index (χ4v) is 3.91. The molecule has 0 aromatic heterocycles.